The van der Waals surface area contributed by atoms with E-state index >= 15 is 0 Å². The molecule has 2 rings (SSSR count). The maximum atomic E-state index is 6.12. The quantitative estimate of drug-likeness (QED) is 0.681. The number of fused-ring (bicyclic) bond motifs is 1. The molecule has 1 aliphatic rings. The lowest BCUT2D eigenvalue weighted by atomic mass is 9.94. The fraction of sp³-hybridized carbons (Fsp3) is 0.538. The van der Waals surface area contributed by atoms with Crippen LogP contribution in [0.3, 0.4) is 0 Å². The number of alkyl halides is 1. The Labute approximate surface area is 114 Å². The molecule has 1 heterocycles. The third-order valence-corrected chi connectivity index (χ3v) is 5.85. The molecule has 0 N–H and O–H groups in total. The molecule has 1 aromatic carbocycles. The molecule has 0 aliphatic carbocycles. The van der Waals surface area contributed by atoms with Gasteiger partial charge in [0.25, 0.3) is 0 Å². The van der Waals surface area contributed by atoms with Crippen LogP contribution < -0.4 is 4.74 Å². The average Bonchev–Trinajstić information content (AvgIpc) is 2.63. The zero-order valence-electron chi connectivity index (χ0n) is 10.1. The second-order valence-corrected chi connectivity index (χ2v) is 6.21. The summed E-state index contributed by atoms with van der Waals surface area (Å²) in [4.78, 5) is 0. The van der Waals surface area contributed by atoms with Crippen LogP contribution in [0.25, 0.3) is 0 Å². The smallest absolute Gasteiger partial charge is 0.127 e. The van der Waals surface area contributed by atoms with E-state index < -0.39 is 0 Å². The fourth-order valence-electron chi connectivity index (χ4n) is 2.23. The third kappa shape index (κ3) is 1.72. The molecule has 1 unspecified atom stereocenters. The monoisotopic (exact) mass is 346 g/mol. The van der Waals surface area contributed by atoms with Crippen LogP contribution in [0, 0.1) is 20.8 Å². The van der Waals surface area contributed by atoms with Crippen LogP contribution in [0.4, 0.5) is 0 Å². The lowest BCUT2D eigenvalue weighted by molar-refractivity contribution is 0.144. The Balaban J connectivity index is 2.62. The van der Waals surface area contributed by atoms with Gasteiger partial charge in [-0.25, -0.2) is 0 Å². The van der Waals surface area contributed by atoms with E-state index in [0.29, 0.717) is 0 Å². The van der Waals surface area contributed by atoms with Gasteiger partial charge >= 0.3 is 0 Å². The van der Waals surface area contributed by atoms with Crippen LogP contribution in [-0.2, 0) is 6.42 Å². The highest BCUT2D eigenvalue weighted by Crippen LogP contribution is 2.44. The minimum atomic E-state index is -0.0922. The van der Waals surface area contributed by atoms with E-state index in [0.717, 1.165) is 17.5 Å². The van der Waals surface area contributed by atoms with E-state index in [2.05, 4.69) is 59.6 Å². The maximum Gasteiger partial charge on any atom is 0.127 e. The first-order valence-corrected chi connectivity index (χ1v) is 7.34. The molecule has 0 saturated carbocycles. The summed E-state index contributed by atoms with van der Waals surface area (Å²) in [6, 6.07) is 0. The van der Waals surface area contributed by atoms with Crippen LogP contribution in [0.15, 0.2) is 4.47 Å². The molecule has 0 spiro atoms. The second kappa shape index (κ2) is 4.02. The summed E-state index contributed by atoms with van der Waals surface area (Å²) < 4.78 is 7.35. The molecule has 0 radical (unpaired) electrons. The molecule has 1 atom stereocenters. The van der Waals surface area contributed by atoms with Gasteiger partial charge in [-0.05, 0) is 44.4 Å². The van der Waals surface area contributed by atoms with Crippen LogP contribution in [0.1, 0.15) is 29.2 Å². The second-order valence-electron chi connectivity index (χ2n) is 4.86. The molecule has 88 valence electrons. The van der Waals surface area contributed by atoms with Gasteiger partial charge in [0, 0.05) is 21.8 Å². The SMILES string of the molecule is Cc1c(C)c2c(c(C)c1Br)CC(C)(CBr)O2. The third-order valence-electron chi connectivity index (χ3n) is 3.47. The van der Waals surface area contributed by atoms with Crippen LogP contribution >= 0.6 is 31.9 Å². The molecule has 1 aliphatic heterocycles. The number of ether oxygens (including phenoxy) is 1. The Bertz CT molecular complexity index is 415. The molecule has 0 amide bonds. The van der Waals surface area contributed by atoms with Crippen molar-refractivity contribution in [1.82, 2.24) is 0 Å². The number of hydrogen-bond acceptors (Lipinski definition) is 1. The van der Waals surface area contributed by atoms with Gasteiger partial charge in [-0.1, -0.05) is 31.9 Å². The summed E-state index contributed by atoms with van der Waals surface area (Å²) in [5, 5.41) is 0.865. The maximum absolute atomic E-state index is 6.12. The zero-order valence-corrected chi connectivity index (χ0v) is 13.3. The van der Waals surface area contributed by atoms with E-state index in [1.54, 1.807) is 0 Å². The molecule has 0 bridgehead atoms. The predicted molar refractivity (Wildman–Crippen MR) is 74.9 cm³/mol. The van der Waals surface area contributed by atoms with Gasteiger partial charge in [0.1, 0.15) is 11.4 Å². The van der Waals surface area contributed by atoms with Crippen molar-refractivity contribution in [3.63, 3.8) is 0 Å². The lowest BCUT2D eigenvalue weighted by Crippen LogP contribution is -2.32. The molecule has 1 nitrogen and oxygen atoms in total. The highest BCUT2D eigenvalue weighted by molar-refractivity contribution is 9.10. The molecule has 1 aromatic rings. The highest BCUT2D eigenvalue weighted by Gasteiger charge is 2.36. The van der Waals surface area contributed by atoms with Gasteiger partial charge in [0.05, 0.1) is 0 Å². The summed E-state index contributed by atoms with van der Waals surface area (Å²) in [5.41, 5.74) is 5.14. The Kier molecular flexibility index (Phi) is 3.13. The van der Waals surface area contributed by atoms with Crippen molar-refractivity contribution in [3.8, 4) is 5.75 Å². The Morgan fingerprint density at radius 1 is 1.19 bits per heavy atom. The van der Waals surface area contributed by atoms with Crippen molar-refractivity contribution >= 4 is 31.9 Å². The zero-order chi connectivity index (χ0) is 12.1. The molecule has 16 heavy (non-hydrogen) atoms. The standard InChI is InChI=1S/C13H16Br2O/c1-7-8(2)12-10(9(3)11(7)15)5-13(4,6-14)16-12/h5-6H2,1-4H3. The van der Waals surface area contributed by atoms with Gasteiger partial charge in [-0.15, -0.1) is 0 Å². The first-order valence-electron chi connectivity index (χ1n) is 5.43. The summed E-state index contributed by atoms with van der Waals surface area (Å²) >= 11 is 7.22. The first kappa shape index (κ1) is 12.4. The van der Waals surface area contributed by atoms with Gasteiger partial charge in [-0.2, -0.15) is 0 Å². The number of rotatable bonds is 1. The molecule has 0 saturated heterocycles. The number of benzene rings is 1. The Morgan fingerprint density at radius 3 is 2.38 bits per heavy atom. The van der Waals surface area contributed by atoms with Gasteiger partial charge < -0.3 is 4.74 Å². The van der Waals surface area contributed by atoms with E-state index in [-0.39, 0.29) is 5.60 Å². The Hall–Kier alpha value is -0.0200. The number of hydrogen-bond donors (Lipinski definition) is 0. The first-order chi connectivity index (χ1) is 7.39. The van der Waals surface area contributed by atoms with Crippen LogP contribution in [0.5, 0.6) is 5.75 Å². The molecule has 3 heteroatoms. The minimum Gasteiger partial charge on any atom is -0.486 e. The van der Waals surface area contributed by atoms with Crippen molar-refractivity contribution in [3.05, 3.63) is 26.7 Å². The topological polar surface area (TPSA) is 9.23 Å². The minimum absolute atomic E-state index is 0.0922. The largest absolute Gasteiger partial charge is 0.486 e. The molecule has 0 fully saturated rings. The van der Waals surface area contributed by atoms with E-state index in [1.807, 2.05) is 0 Å². The van der Waals surface area contributed by atoms with Crippen LogP contribution in [0.2, 0.25) is 0 Å². The molecular weight excluding hydrogens is 332 g/mol. The summed E-state index contributed by atoms with van der Waals surface area (Å²) in [5.74, 6) is 1.10. The highest BCUT2D eigenvalue weighted by atomic mass is 79.9. The summed E-state index contributed by atoms with van der Waals surface area (Å²) in [7, 11) is 0. The fourth-order valence-corrected chi connectivity index (χ4v) is 3.08. The van der Waals surface area contributed by atoms with E-state index in [4.69, 9.17) is 4.74 Å². The Morgan fingerprint density at radius 2 is 1.81 bits per heavy atom. The predicted octanol–water partition coefficient (Wildman–Crippen LogP) is 4.46. The van der Waals surface area contributed by atoms with Gasteiger partial charge in [-0.3, -0.25) is 0 Å². The van der Waals surface area contributed by atoms with Crippen LogP contribution in [-0.4, -0.2) is 10.9 Å². The summed E-state index contributed by atoms with van der Waals surface area (Å²) in [6.07, 6.45) is 0.985. The van der Waals surface area contributed by atoms with Crippen molar-refractivity contribution in [1.29, 1.82) is 0 Å². The number of halogens is 2. The molecular formula is C13H16Br2O. The van der Waals surface area contributed by atoms with Gasteiger partial charge in [0.2, 0.25) is 0 Å². The van der Waals surface area contributed by atoms with E-state index in [9.17, 15) is 0 Å². The lowest BCUT2D eigenvalue weighted by Gasteiger charge is -2.21. The van der Waals surface area contributed by atoms with Crippen molar-refractivity contribution in [2.24, 2.45) is 0 Å². The van der Waals surface area contributed by atoms with Crippen molar-refractivity contribution in [2.45, 2.75) is 39.7 Å². The van der Waals surface area contributed by atoms with Gasteiger partial charge in [0.15, 0.2) is 0 Å². The summed E-state index contributed by atoms with van der Waals surface area (Å²) in [6.45, 7) is 8.60. The molecule has 0 aromatic heterocycles. The average molecular weight is 348 g/mol. The van der Waals surface area contributed by atoms with Crippen molar-refractivity contribution < 1.29 is 4.74 Å². The van der Waals surface area contributed by atoms with Crippen molar-refractivity contribution in [2.75, 3.05) is 5.33 Å². The van der Waals surface area contributed by atoms with E-state index in [1.165, 1.54) is 26.7 Å². The normalized spacial score (nSPS) is 23.1.